The van der Waals surface area contributed by atoms with Gasteiger partial charge in [-0.1, -0.05) is 49.0 Å². The SMILES string of the molecule is COC1C(OC(=O)CCCCCCCCC(=O)OC2CCC3(CO3)C(C3(C)OC3CC=C(C)C)C2OC)CCC2(CO2)C1C1(C)OC1CC=C(C)C. The smallest absolute Gasteiger partial charge is 0.306 e. The number of hydrogen-bond acceptors (Lipinski definition) is 10. The van der Waals surface area contributed by atoms with Crippen LogP contribution in [-0.4, -0.2) is 98.4 Å². The maximum absolute atomic E-state index is 12.9. The fourth-order valence-electron chi connectivity index (χ4n) is 9.84. The van der Waals surface area contributed by atoms with Crippen LogP contribution in [0.15, 0.2) is 23.3 Å². The van der Waals surface area contributed by atoms with E-state index in [9.17, 15) is 9.59 Å². The molecule has 52 heavy (non-hydrogen) atoms. The molecule has 0 bridgehead atoms. The summed E-state index contributed by atoms with van der Waals surface area (Å²) in [5, 5.41) is 0. The van der Waals surface area contributed by atoms with Crippen molar-refractivity contribution in [1.29, 1.82) is 0 Å². The average molecular weight is 731 g/mol. The van der Waals surface area contributed by atoms with E-state index in [0.29, 0.717) is 26.1 Å². The van der Waals surface area contributed by atoms with Gasteiger partial charge in [-0.05, 0) is 92.9 Å². The summed E-state index contributed by atoms with van der Waals surface area (Å²) < 4.78 is 48.8. The molecular formula is C42H66O10. The first kappa shape index (κ1) is 39.9. The Balaban J connectivity index is 0.864. The Kier molecular flexibility index (Phi) is 12.3. The first-order chi connectivity index (χ1) is 24.8. The van der Waals surface area contributed by atoms with Gasteiger partial charge in [-0.2, -0.15) is 0 Å². The fraction of sp³-hybridized carbons (Fsp3) is 0.857. The van der Waals surface area contributed by atoms with E-state index in [1.54, 1.807) is 14.2 Å². The summed E-state index contributed by atoms with van der Waals surface area (Å²) >= 11 is 0. The van der Waals surface area contributed by atoms with Gasteiger partial charge >= 0.3 is 11.9 Å². The van der Waals surface area contributed by atoms with Crippen LogP contribution in [0.2, 0.25) is 0 Å². The maximum Gasteiger partial charge on any atom is 0.306 e. The molecule has 0 aromatic rings. The third-order valence-electron chi connectivity index (χ3n) is 13.1. The van der Waals surface area contributed by atoms with E-state index < -0.39 is 0 Å². The minimum atomic E-state index is -0.343. The number of carbonyl (C=O) groups is 2. The highest BCUT2D eigenvalue weighted by molar-refractivity contribution is 5.70. The van der Waals surface area contributed by atoms with Crippen molar-refractivity contribution in [2.75, 3.05) is 27.4 Å². The van der Waals surface area contributed by atoms with Crippen molar-refractivity contribution in [3.8, 4) is 0 Å². The number of epoxide rings is 4. The van der Waals surface area contributed by atoms with E-state index in [0.717, 1.165) is 77.0 Å². The highest BCUT2D eigenvalue weighted by Gasteiger charge is 2.73. The van der Waals surface area contributed by atoms with E-state index in [4.69, 9.17) is 37.9 Å². The molecule has 294 valence electrons. The van der Waals surface area contributed by atoms with E-state index in [1.807, 2.05) is 0 Å². The molecule has 10 nitrogen and oxygen atoms in total. The quantitative estimate of drug-likeness (QED) is 0.0578. The van der Waals surface area contributed by atoms with Crippen LogP contribution in [-0.2, 0) is 47.5 Å². The molecule has 2 aliphatic carbocycles. The number of esters is 2. The highest BCUT2D eigenvalue weighted by atomic mass is 16.6. The number of ether oxygens (including phenoxy) is 8. The van der Waals surface area contributed by atoms with Gasteiger partial charge in [0.15, 0.2) is 0 Å². The lowest BCUT2D eigenvalue weighted by atomic mass is 9.68. The van der Waals surface area contributed by atoms with Crippen molar-refractivity contribution in [3.63, 3.8) is 0 Å². The van der Waals surface area contributed by atoms with Gasteiger partial charge < -0.3 is 37.9 Å². The topological polar surface area (TPSA) is 121 Å². The second-order valence-electron chi connectivity index (χ2n) is 17.4. The van der Waals surface area contributed by atoms with Crippen molar-refractivity contribution in [2.45, 2.75) is 190 Å². The summed E-state index contributed by atoms with van der Waals surface area (Å²) in [5.74, 6) is -0.261. The molecule has 4 aliphatic heterocycles. The van der Waals surface area contributed by atoms with Crippen molar-refractivity contribution in [2.24, 2.45) is 11.8 Å². The van der Waals surface area contributed by atoms with Gasteiger partial charge in [0.05, 0.1) is 37.3 Å². The summed E-state index contributed by atoms with van der Waals surface area (Å²) in [6.45, 7) is 14.2. The van der Waals surface area contributed by atoms with Crippen LogP contribution in [0.3, 0.4) is 0 Å². The van der Waals surface area contributed by atoms with Crippen LogP contribution in [0.1, 0.15) is 131 Å². The fourth-order valence-corrected chi connectivity index (χ4v) is 9.84. The Morgan fingerprint density at radius 3 is 1.33 bits per heavy atom. The van der Waals surface area contributed by atoms with Crippen molar-refractivity contribution < 1.29 is 47.5 Å². The molecule has 4 heterocycles. The summed E-state index contributed by atoms with van der Waals surface area (Å²) in [4.78, 5) is 25.9. The van der Waals surface area contributed by atoms with E-state index in [-0.39, 0.29) is 82.8 Å². The molecule has 4 saturated heterocycles. The summed E-state index contributed by atoms with van der Waals surface area (Å²) in [6, 6.07) is 0. The largest absolute Gasteiger partial charge is 0.460 e. The molecule has 12 atom stereocenters. The third kappa shape index (κ3) is 8.68. The van der Waals surface area contributed by atoms with E-state index >= 15 is 0 Å². The average Bonchev–Trinajstić information content (AvgIpc) is 3.97. The van der Waals surface area contributed by atoms with Gasteiger partial charge in [-0.3, -0.25) is 9.59 Å². The van der Waals surface area contributed by atoms with Crippen LogP contribution < -0.4 is 0 Å². The first-order valence-corrected chi connectivity index (χ1v) is 20.2. The number of allylic oxidation sites excluding steroid dienone is 2. The molecule has 6 aliphatic rings. The number of unbranched alkanes of at least 4 members (excludes halogenated alkanes) is 5. The summed E-state index contributed by atoms with van der Waals surface area (Å²) in [7, 11) is 3.42. The Labute approximate surface area is 312 Å². The molecule has 2 saturated carbocycles. The van der Waals surface area contributed by atoms with E-state index in [2.05, 4.69) is 53.7 Å². The van der Waals surface area contributed by atoms with Crippen molar-refractivity contribution >= 4 is 11.9 Å². The third-order valence-corrected chi connectivity index (χ3v) is 13.1. The molecule has 0 N–H and O–H groups in total. The normalized spacial score (nSPS) is 41.3. The molecule has 0 aromatic carbocycles. The minimum absolute atomic E-state index is 0.0287. The number of methoxy groups -OCH3 is 2. The highest BCUT2D eigenvalue weighted by Crippen LogP contribution is 2.61. The lowest BCUT2D eigenvalue weighted by Gasteiger charge is -2.42. The summed E-state index contributed by atoms with van der Waals surface area (Å²) in [5.41, 5.74) is 1.42. The monoisotopic (exact) mass is 730 g/mol. The molecule has 10 heteroatoms. The van der Waals surface area contributed by atoms with Crippen LogP contribution >= 0.6 is 0 Å². The number of carbonyl (C=O) groups excluding carboxylic acids is 2. The standard InChI is InChI=1S/C42H66O10/c1-27(2)17-19-31-39(5,51-31)37-35(45-7)29(21-23-41(37)25-47-41)49-33(43)15-13-11-9-10-12-14-16-34(44)50-30-22-24-42(26-48-42)38(36(30)46-8)40(6)32(52-40)20-18-28(3)4/h17-18,29-32,35-38H,9-16,19-26H2,1-8H3. The Hall–Kier alpha value is -1.82. The second kappa shape index (κ2) is 16.1. The second-order valence-corrected chi connectivity index (χ2v) is 17.4. The Morgan fingerprint density at radius 2 is 1.00 bits per heavy atom. The van der Waals surface area contributed by atoms with Crippen LogP contribution in [0, 0.1) is 11.8 Å². The zero-order chi connectivity index (χ0) is 37.3. The van der Waals surface area contributed by atoms with Crippen LogP contribution in [0.25, 0.3) is 0 Å². The van der Waals surface area contributed by atoms with E-state index in [1.165, 1.54) is 11.1 Å². The number of hydrogen-bond donors (Lipinski definition) is 0. The molecule has 12 unspecified atom stereocenters. The minimum Gasteiger partial charge on any atom is -0.460 e. The first-order valence-electron chi connectivity index (χ1n) is 20.2. The number of rotatable bonds is 19. The molecule has 2 spiro atoms. The van der Waals surface area contributed by atoms with Gasteiger partial charge in [0.2, 0.25) is 0 Å². The van der Waals surface area contributed by atoms with Crippen molar-refractivity contribution in [3.05, 3.63) is 23.3 Å². The zero-order valence-electron chi connectivity index (χ0n) is 33.2. The molecule has 6 rings (SSSR count). The lowest BCUT2D eigenvalue weighted by molar-refractivity contribution is -0.172. The Morgan fingerprint density at radius 1 is 0.635 bits per heavy atom. The Bertz CT molecular complexity index is 1230. The molecule has 0 radical (unpaired) electrons. The lowest BCUT2D eigenvalue weighted by Crippen LogP contribution is -2.55. The maximum atomic E-state index is 12.9. The van der Waals surface area contributed by atoms with Gasteiger partial charge in [0.25, 0.3) is 0 Å². The van der Waals surface area contributed by atoms with Gasteiger partial charge in [0, 0.05) is 27.1 Å². The molecule has 0 amide bonds. The molecule has 0 aromatic heterocycles. The predicted octanol–water partition coefficient (Wildman–Crippen LogP) is 7.35. The predicted molar refractivity (Wildman–Crippen MR) is 196 cm³/mol. The summed E-state index contributed by atoms with van der Waals surface area (Å²) in [6.07, 6.45) is 14.9. The van der Waals surface area contributed by atoms with Crippen molar-refractivity contribution in [1.82, 2.24) is 0 Å². The molecule has 6 fully saturated rings. The zero-order valence-corrected chi connectivity index (χ0v) is 33.2. The van der Waals surface area contributed by atoms with Crippen LogP contribution in [0.5, 0.6) is 0 Å². The van der Waals surface area contributed by atoms with Gasteiger partial charge in [0.1, 0.15) is 46.8 Å². The van der Waals surface area contributed by atoms with Gasteiger partial charge in [-0.15, -0.1) is 0 Å². The van der Waals surface area contributed by atoms with Gasteiger partial charge in [-0.25, -0.2) is 0 Å². The van der Waals surface area contributed by atoms with Crippen LogP contribution in [0.4, 0.5) is 0 Å². The molecular weight excluding hydrogens is 664 g/mol.